The summed E-state index contributed by atoms with van der Waals surface area (Å²) in [7, 11) is 1.66. The van der Waals surface area contributed by atoms with E-state index < -0.39 is 0 Å². The zero-order valence-corrected chi connectivity index (χ0v) is 21.4. The third kappa shape index (κ3) is 4.69. The Labute approximate surface area is 223 Å². The Balaban J connectivity index is 1.48. The Kier molecular flexibility index (Phi) is 6.46. The van der Waals surface area contributed by atoms with Crippen LogP contribution in [-0.2, 0) is 11.3 Å². The summed E-state index contributed by atoms with van der Waals surface area (Å²) < 4.78 is 13.0. The number of fused-ring (bicyclic) bond motifs is 2. The molecule has 0 radical (unpaired) electrons. The smallest absolute Gasteiger partial charge is 0.262 e. The zero-order valence-electron chi connectivity index (χ0n) is 20.6. The molecule has 2 heterocycles. The summed E-state index contributed by atoms with van der Waals surface area (Å²) in [6.07, 6.45) is 1.82. The molecule has 1 aliphatic rings. The Morgan fingerprint density at radius 2 is 1.89 bits per heavy atom. The Bertz CT molecular complexity index is 1740. The molecular weight excluding hydrogens is 496 g/mol. The van der Waals surface area contributed by atoms with E-state index in [4.69, 9.17) is 19.6 Å². The molecule has 1 aliphatic heterocycles. The Morgan fingerprint density at radius 3 is 2.76 bits per heavy atom. The van der Waals surface area contributed by atoms with Crippen LogP contribution in [0.3, 0.4) is 0 Å². The molecule has 6 rings (SSSR count). The highest BCUT2D eigenvalue weighted by Crippen LogP contribution is 2.33. The predicted molar refractivity (Wildman–Crippen MR) is 151 cm³/mol. The van der Waals surface area contributed by atoms with Gasteiger partial charge in [0.2, 0.25) is 4.80 Å². The monoisotopic (exact) mass is 520 g/mol. The van der Waals surface area contributed by atoms with E-state index in [1.54, 1.807) is 7.11 Å². The van der Waals surface area contributed by atoms with Crippen molar-refractivity contribution >= 4 is 39.9 Å². The van der Waals surface area contributed by atoms with Crippen LogP contribution in [0.25, 0.3) is 22.0 Å². The van der Waals surface area contributed by atoms with Crippen LogP contribution in [0, 0.1) is 0 Å². The lowest BCUT2D eigenvalue weighted by molar-refractivity contribution is -0.118. The zero-order chi connectivity index (χ0) is 25.9. The van der Waals surface area contributed by atoms with E-state index in [0.29, 0.717) is 18.0 Å². The molecule has 0 atom stereocenters. The van der Waals surface area contributed by atoms with E-state index in [9.17, 15) is 4.79 Å². The fraction of sp³-hybridized carbons (Fsp3) is 0.100. The van der Waals surface area contributed by atoms with Gasteiger partial charge in [-0.25, -0.2) is 4.68 Å². The lowest BCUT2D eigenvalue weighted by Gasteiger charge is -2.18. The topological polar surface area (TPSA) is 77.2 Å². The maximum absolute atomic E-state index is 11.9. The van der Waals surface area contributed by atoms with Crippen molar-refractivity contribution in [1.29, 1.82) is 0 Å². The third-order valence-corrected chi connectivity index (χ3v) is 7.14. The number of aromatic nitrogens is 1. The van der Waals surface area contributed by atoms with Gasteiger partial charge in [0.25, 0.3) is 5.91 Å². The molecule has 188 valence electrons. The first kappa shape index (κ1) is 23.7. The molecule has 1 amide bonds. The van der Waals surface area contributed by atoms with Gasteiger partial charge in [-0.3, -0.25) is 9.79 Å². The minimum atomic E-state index is -0.174. The van der Waals surface area contributed by atoms with Crippen molar-refractivity contribution in [2.45, 2.75) is 6.54 Å². The first-order valence-corrected chi connectivity index (χ1v) is 13.0. The molecule has 0 saturated heterocycles. The number of thiazole rings is 1. The highest BCUT2D eigenvalue weighted by molar-refractivity contribution is 7.07. The minimum Gasteiger partial charge on any atom is -0.496 e. The van der Waals surface area contributed by atoms with E-state index in [2.05, 4.69) is 29.6 Å². The largest absolute Gasteiger partial charge is 0.496 e. The maximum Gasteiger partial charge on any atom is 0.262 e. The van der Waals surface area contributed by atoms with Crippen LogP contribution in [0.4, 0.5) is 5.69 Å². The molecular formula is C30H24N4O3S. The number of nitrogens with zero attached hydrogens (tertiary/aromatic N) is 3. The number of rotatable bonds is 6. The van der Waals surface area contributed by atoms with Gasteiger partial charge in [-0.05, 0) is 40.6 Å². The number of hydrogen-bond acceptors (Lipinski definition) is 6. The molecule has 7 nitrogen and oxygen atoms in total. The standard InChI is InChI=1S/C30H24N4O3S/c1-36-27-13-11-21-9-5-6-10-23(21)24(27)17-32-34-26(19-38-30(34)31-16-20-7-3-2-4-8-20)22-12-14-28-25(15-22)33-29(35)18-37-28/h2-15,17,19H,16,18H2,1H3,(H,33,35). The molecule has 1 aromatic heterocycles. The highest BCUT2D eigenvalue weighted by Gasteiger charge is 2.18. The Morgan fingerprint density at radius 1 is 1.05 bits per heavy atom. The fourth-order valence-corrected chi connectivity index (χ4v) is 5.24. The van der Waals surface area contributed by atoms with Crippen LogP contribution in [0.2, 0.25) is 0 Å². The number of carbonyl (C=O) groups excluding carboxylic acids is 1. The summed E-state index contributed by atoms with van der Waals surface area (Å²) in [5, 5.41) is 12.0. The van der Waals surface area contributed by atoms with Crippen LogP contribution in [0.15, 0.2) is 100 Å². The summed E-state index contributed by atoms with van der Waals surface area (Å²) in [6.45, 7) is 0.548. The normalized spacial score (nSPS) is 13.4. The van der Waals surface area contributed by atoms with Gasteiger partial charge in [-0.2, -0.15) is 5.10 Å². The predicted octanol–water partition coefficient (Wildman–Crippen LogP) is 5.69. The SMILES string of the molecule is COc1ccc2ccccc2c1C=Nn1c(-c2ccc3c(c2)NC(=O)CO3)csc1=NCc1ccccc1. The number of benzene rings is 4. The first-order valence-electron chi connectivity index (χ1n) is 12.1. The summed E-state index contributed by atoms with van der Waals surface area (Å²) in [6, 6.07) is 28.0. The number of hydrogen-bond donors (Lipinski definition) is 1. The van der Waals surface area contributed by atoms with Gasteiger partial charge in [0.15, 0.2) is 6.61 Å². The van der Waals surface area contributed by atoms with Crippen molar-refractivity contribution < 1.29 is 14.3 Å². The van der Waals surface area contributed by atoms with Crippen molar-refractivity contribution in [2.75, 3.05) is 19.0 Å². The lowest BCUT2D eigenvalue weighted by atomic mass is 10.0. The lowest BCUT2D eigenvalue weighted by Crippen LogP contribution is -2.25. The van der Waals surface area contributed by atoms with E-state index in [1.165, 1.54) is 11.3 Å². The molecule has 0 fully saturated rings. The van der Waals surface area contributed by atoms with Gasteiger partial charge in [-0.15, -0.1) is 11.3 Å². The highest BCUT2D eigenvalue weighted by atomic mass is 32.1. The maximum atomic E-state index is 11.9. The third-order valence-electron chi connectivity index (χ3n) is 6.29. The summed E-state index contributed by atoms with van der Waals surface area (Å²) in [5.74, 6) is 1.21. The molecule has 0 bridgehead atoms. The average molecular weight is 521 g/mol. The molecule has 38 heavy (non-hydrogen) atoms. The van der Waals surface area contributed by atoms with E-state index in [-0.39, 0.29) is 12.5 Å². The van der Waals surface area contributed by atoms with Crippen LogP contribution in [0.1, 0.15) is 11.1 Å². The molecule has 0 saturated carbocycles. The fourth-order valence-electron chi connectivity index (χ4n) is 4.40. The van der Waals surface area contributed by atoms with Crippen LogP contribution in [-0.4, -0.2) is 30.5 Å². The molecule has 0 spiro atoms. The number of ether oxygens (including phenoxy) is 2. The molecule has 0 unspecified atom stereocenters. The molecule has 5 aromatic rings. The van der Waals surface area contributed by atoms with Crippen molar-refractivity contribution in [1.82, 2.24) is 4.68 Å². The van der Waals surface area contributed by atoms with Gasteiger partial charge in [0, 0.05) is 16.5 Å². The average Bonchev–Trinajstić information content (AvgIpc) is 3.37. The number of methoxy groups -OCH3 is 1. The van der Waals surface area contributed by atoms with Gasteiger partial charge in [0.05, 0.1) is 31.3 Å². The molecule has 1 N–H and O–H groups in total. The minimum absolute atomic E-state index is 0.0183. The van der Waals surface area contributed by atoms with Crippen LogP contribution >= 0.6 is 11.3 Å². The summed E-state index contributed by atoms with van der Waals surface area (Å²) in [4.78, 5) is 17.5. The van der Waals surface area contributed by atoms with Crippen molar-refractivity contribution in [3.63, 3.8) is 0 Å². The van der Waals surface area contributed by atoms with E-state index in [0.717, 1.165) is 43.7 Å². The molecule has 0 aliphatic carbocycles. The van der Waals surface area contributed by atoms with Crippen LogP contribution in [0.5, 0.6) is 11.5 Å². The van der Waals surface area contributed by atoms with Gasteiger partial charge in [-0.1, -0.05) is 60.7 Å². The number of amides is 1. The molecule has 8 heteroatoms. The van der Waals surface area contributed by atoms with Crippen molar-refractivity contribution in [3.05, 3.63) is 106 Å². The van der Waals surface area contributed by atoms with E-state index in [1.807, 2.05) is 76.9 Å². The van der Waals surface area contributed by atoms with Gasteiger partial charge >= 0.3 is 0 Å². The summed E-state index contributed by atoms with van der Waals surface area (Å²) >= 11 is 1.51. The quantitative estimate of drug-likeness (QED) is 0.292. The van der Waals surface area contributed by atoms with Crippen molar-refractivity contribution in [2.24, 2.45) is 10.1 Å². The second kappa shape index (κ2) is 10.4. The van der Waals surface area contributed by atoms with Gasteiger partial charge < -0.3 is 14.8 Å². The summed E-state index contributed by atoms with van der Waals surface area (Å²) in [5.41, 5.74) is 4.37. The number of nitrogens with one attached hydrogen (secondary N) is 1. The second-order valence-corrected chi connectivity index (χ2v) is 9.55. The second-order valence-electron chi connectivity index (χ2n) is 8.71. The Hall–Kier alpha value is -4.69. The van der Waals surface area contributed by atoms with Gasteiger partial charge in [0.1, 0.15) is 11.5 Å². The van der Waals surface area contributed by atoms with Crippen molar-refractivity contribution in [3.8, 4) is 22.8 Å². The first-order chi connectivity index (χ1) is 18.7. The molecule has 4 aromatic carbocycles. The van der Waals surface area contributed by atoms with Crippen LogP contribution < -0.4 is 19.6 Å². The van der Waals surface area contributed by atoms with E-state index >= 15 is 0 Å². The number of anilines is 1. The number of carbonyl (C=O) groups is 1.